The Morgan fingerprint density at radius 1 is 0.327 bits per heavy atom. The third-order valence-corrected chi connectivity index (χ3v) is 10.7. The highest BCUT2D eigenvalue weighted by Crippen LogP contribution is 2.47. The first-order valence-electron chi connectivity index (χ1n) is 18.1. The van der Waals surface area contributed by atoms with Crippen LogP contribution in [0.2, 0.25) is 0 Å². The summed E-state index contributed by atoms with van der Waals surface area (Å²) in [6.45, 7) is 0.0423. The summed E-state index contributed by atoms with van der Waals surface area (Å²) in [5.74, 6) is 0.0386. The second-order valence-corrected chi connectivity index (χ2v) is 13.7. The van der Waals surface area contributed by atoms with E-state index in [0.717, 1.165) is 11.4 Å². The molecule has 2 aliphatic heterocycles. The lowest BCUT2D eigenvalue weighted by Gasteiger charge is -2.45. The number of nitrogens with zero attached hydrogens (tertiary/aromatic N) is 2. The summed E-state index contributed by atoms with van der Waals surface area (Å²) < 4.78 is 0. The van der Waals surface area contributed by atoms with Crippen LogP contribution in [-0.4, -0.2) is 6.71 Å². The molecule has 52 heavy (non-hydrogen) atoms. The van der Waals surface area contributed by atoms with E-state index in [1.54, 1.807) is 0 Å². The average molecular weight is 663 g/mol. The van der Waals surface area contributed by atoms with Gasteiger partial charge in [0.05, 0.1) is 0 Å². The zero-order valence-electron chi connectivity index (χ0n) is 28.7. The van der Waals surface area contributed by atoms with Crippen LogP contribution in [0.3, 0.4) is 0 Å². The molecule has 0 atom stereocenters. The standard InChI is InChI=1S/C49H35BN2/c1-6-18-35(19-7-1)38-30-31-45-43(32-38)50-42-28-16-17-29-44(42)51(40-24-12-4-13-25-40)46-33-39(34-47(49(46)50)52(45)41-26-14-5-15-27-41)48(36-20-8-2-9-21-36)37-22-10-3-11-23-37/h1-34,48H. The zero-order valence-corrected chi connectivity index (χ0v) is 28.7. The lowest BCUT2D eigenvalue weighted by atomic mass is 9.33. The first kappa shape index (κ1) is 30.3. The normalized spacial score (nSPS) is 12.7. The number of benzene rings is 8. The summed E-state index contributed by atoms with van der Waals surface area (Å²) in [4.78, 5) is 5.00. The highest BCUT2D eigenvalue weighted by Gasteiger charge is 2.44. The van der Waals surface area contributed by atoms with E-state index in [1.807, 2.05) is 0 Å². The average Bonchev–Trinajstić information content (AvgIpc) is 3.22. The Balaban J connectivity index is 1.32. The third-order valence-electron chi connectivity index (χ3n) is 10.7. The molecule has 3 heteroatoms. The van der Waals surface area contributed by atoms with Crippen molar-refractivity contribution in [3.63, 3.8) is 0 Å². The number of rotatable bonds is 6. The summed E-state index contributed by atoms with van der Waals surface area (Å²) in [6, 6.07) is 75.5. The molecule has 8 aromatic rings. The van der Waals surface area contributed by atoms with Crippen LogP contribution in [0.25, 0.3) is 11.1 Å². The van der Waals surface area contributed by atoms with Crippen molar-refractivity contribution in [1.29, 1.82) is 0 Å². The fraction of sp³-hybridized carbons (Fsp3) is 0.0204. The van der Waals surface area contributed by atoms with Crippen molar-refractivity contribution in [1.82, 2.24) is 0 Å². The molecule has 0 bridgehead atoms. The molecule has 2 heterocycles. The first-order chi connectivity index (χ1) is 25.8. The summed E-state index contributed by atoms with van der Waals surface area (Å²) in [5.41, 5.74) is 17.4. The van der Waals surface area contributed by atoms with Crippen molar-refractivity contribution in [3.05, 3.63) is 223 Å². The molecule has 0 unspecified atom stereocenters. The predicted molar refractivity (Wildman–Crippen MR) is 220 cm³/mol. The van der Waals surface area contributed by atoms with E-state index in [2.05, 4.69) is 216 Å². The number of para-hydroxylation sites is 3. The minimum absolute atomic E-state index is 0.0386. The van der Waals surface area contributed by atoms with E-state index in [-0.39, 0.29) is 12.6 Å². The molecule has 0 fully saturated rings. The number of fused-ring (bicyclic) bond motifs is 4. The molecule has 0 N–H and O–H groups in total. The molecule has 0 saturated carbocycles. The van der Waals surface area contributed by atoms with Crippen LogP contribution in [0.4, 0.5) is 34.1 Å². The Kier molecular flexibility index (Phi) is 7.35. The van der Waals surface area contributed by atoms with Crippen LogP contribution in [0, 0.1) is 0 Å². The molecule has 0 amide bonds. The Hall–Kier alpha value is -6.58. The van der Waals surface area contributed by atoms with Crippen LogP contribution < -0.4 is 26.2 Å². The van der Waals surface area contributed by atoms with Gasteiger partial charge in [-0.1, -0.05) is 158 Å². The van der Waals surface area contributed by atoms with Crippen LogP contribution in [-0.2, 0) is 0 Å². The Morgan fingerprint density at radius 3 is 1.35 bits per heavy atom. The highest BCUT2D eigenvalue weighted by molar-refractivity contribution is 7.00. The monoisotopic (exact) mass is 662 g/mol. The molecular formula is C49H35BN2. The summed E-state index contributed by atoms with van der Waals surface area (Å²) in [7, 11) is 0. The van der Waals surface area contributed by atoms with Gasteiger partial charge in [-0.15, -0.1) is 0 Å². The SMILES string of the molecule is c1ccc(-c2ccc3c(c2)B2c4ccccc4N(c4ccccc4)c4cc(C(c5ccccc5)c5ccccc5)cc(c42)N3c2ccccc2)cc1. The van der Waals surface area contributed by atoms with Crippen LogP contribution >= 0.6 is 0 Å². The van der Waals surface area contributed by atoms with Crippen LogP contribution in [0.5, 0.6) is 0 Å². The maximum Gasteiger partial charge on any atom is 0.252 e. The minimum Gasteiger partial charge on any atom is -0.311 e. The second-order valence-electron chi connectivity index (χ2n) is 13.7. The zero-order chi connectivity index (χ0) is 34.4. The van der Waals surface area contributed by atoms with Crippen molar-refractivity contribution in [2.24, 2.45) is 0 Å². The van der Waals surface area contributed by atoms with E-state index in [0.29, 0.717) is 0 Å². The third kappa shape index (κ3) is 4.97. The second kappa shape index (κ2) is 12.6. The van der Waals surface area contributed by atoms with Gasteiger partial charge in [0, 0.05) is 40.0 Å². The number of hydrogen-bond acceptors (Lipinski definition) is 2. The molecule has 0 aliphatic carbocycles. The lowest BCUT2D eigenvalue weighted by Crippen LogP contribution is -2.61. The van der Waals surface area contributed by atoms with Crippen molar-refractivity contribution >= 4 is 57.2 Å². The predicted octanol–water partition coefficient (Wildman–Crippen LogP) is 10.6. The Bertz CT molecular complexity index is 2460. The molecule has 8 aromatic carbocycles. The van der Waals surface area contributed by atoms with Crippen LogP contribution in [0.1, 0.15) is 22.6 Å². The Morgan fingerprint density at radius 2 is 0.788 bits per heavy atom. The lowest BCUT2D eigenvalue weighted by molar-refractivity contribution is 0.975. The highest BCUT2D eigenvalue weighted by atomic mass is 15.2. The number of hydrogen-bond donors (Lipinski definition) is 0. The summed E-state index contributed by atoms with van der Waals surface area (Å²) in [6.07, 6.45) is 0. The van der Waals surface area contributed by atoms with E-state index >= 15 is 0 Å². The van der Waals surface area contributed by atoms with Gasteiger partial charge in [-0.05, 0) is 92.7 Å². The van der Waals surface area contributed by atoms with Gasteiger partial charge < -0.3 is 9.80 Å². The first-order valence-corrected chi connectivity index (χ1v) is 18.1. The topological polar surface area (TPSA) is 6.48 Å². The maximum absolute atomic E-state index is 2.51. The van der Waals surface area contributed by atoms with Gasteiger partial charge in [0.2, 0.25) is 0 Å². The number of anilines is 6. The molecule has 2 nitrogen and oxygen atoms in total. The van der Waals surface area contributed by atoms with Gasteiger partial charge >= 0.3 is 0 Å². The van der Waals surface area contributed by atoms with Crippen molar-refractivity contribution in [2.45, 2.75) is 5.92 Å². The molecule has 0 spiro atoms. The maximum atomic E-state index is 2.51. The van der Waals surface area contributed by atoms with E-state index in [4.69, 9.17) is 0 Å². The summed E-state index contributed by atoms with van der Waals surface area (Å²) in [5, 5.41) is 0. The fourth-order valence-corrected chi connectivity index (χ4v) is 8.53. The van der Waals surface area contributed by atoms with E-state index in [1.165, 1.54) is 67.0 Å². The van der Waals surface area contributed by atoms with Gasteiger partial charge in [-0.25, -0.2) is 0 Å². The smallest absolute Gasteiger partial charge is 0.252 e. The molecule has 10 rings (SSSR count). The van der Waals surface area contributed by atoms with Crippen LogP contribution in [0.15, 0.2) is 206 Å². The van der Waals surface area contributed by atoms with Crippen molar-refractivity contribution in [2.75, 3.05) is 9.80 Å². The molecular weight excluding hydrogens is 627 g/mol. The molecule has 0 saturated heterocycles. The van der Waals surface area contributed by atoms with E-state index in [9.17, 15) is 0 Å². The van der Waals surface area contributed by atoms with E-state index < -0.39 is 0 Å². The minimum atomic E-state index is 0.0386. The van der Waals surface area contributed by atoms with Gasteiger partial charge in [-0.2, -0.15) is 0 Å². The quantitative estimate of drug-likeness (QED) is 0.129. The van der Waals surface area contributed by atoms with Gasteiger partial charge in [0.1, 0.15) is 0 Å². The summed E-state index contributed by atoms with van der Waals surface area (Å²) >= 11 is 0. The Labute approximate surface area is 306 Å². The fourth-order valence-electron chi connectivity index (χ4n) is 8.53. The molecule has 0 aromatic heterocycles. The molecule has 2 aliphatic rings. The van der Waals surface area contributed by atoms with Crippen molar-refractivity contribution < 1.29 is 0 Å². The van der Waals surface area contributed by atoms with Crippen molar-refractivity contribution in [3.8, 4) is 11.1 Å². The molecule has 244 valence electrons. The molecule has 0 radical (unpaired) electrons. The van der Waals surface area contributed by atoms with Gasteiger partial charge in [-0.3, -0.25) is 0 Å². The van der Waals surface area contributed by atoms with Gasteiger partial charge in [0.25, 0.3) is 6.71 Å². The van der Waals surface area contributed by atoms with Gasteiger partial charge in [0.15, 0.2) is 0 Å². The largest absolute Gasteiger partial charge is 0.311 e.